The Hall–Kier alpha value is -1.00. The molecule has 4 nitrogen and oxygen atoms in total. The Balaban J connectivity index is 2.09. The van der Waals surface area contributed by atoms with E-state index >= 15 is 0 Å². The Morgan fingerprint density at radius 1 is 1.47 bits per heavy atom. The summed E-state index contributed by atoms with van der Waals surface area (Å²) >= 11 is 0. The predicted molar refractivity (Wildman–Crippen MR) is 57.7 cm³/mol. The van der Waals surface area contributed by atoms with Crippen LogP contribution in [0.5, 0.6) is 0 Å². The molecule has 1 aromatic heterocycles. The van der Waals surface area contributed by atoms with Gasteiger partial charge in [-0.05, 0) is 25.5 Å². The van der Waals surface area contributed by atoms with Gasteiger partial charge in [-0.2, -0.15) is 0 Å². The molecule has 82 valence electrons. The van der Waals surface area contributed by atoms with E-state index in [1.54, 1.807) is 6.33 Å². The molecule has 1 unspecified atom stereocenters. The number of hydrogen-bond acceptors (Lipinski definition) is 4. The average molecular weight is 207 g/mol. The standard InChI is InChI=1S/C11H17N3O/c15-5-3-10-6-11(14-8-13-10)9-2-1-4-12-7-9/h6,8-9,12,15H,1-5,7H2. The monoisotopic (exact) mass is 207 g/mol. The lowest BCUT2D eigenvalue weighted by atomic mass is 9.95. The van der Waals surface area contributed by atoms with E-state index in [2.05, 4.69) is 15.3 Å². The van der Waals surface area contributed by atoms with Gasteiger partial charge >= 0.3 is 0 Å². The van der Waals surface area contributed by atoms with Crippen LogP contribution in [0.3, 0.4) is 0 Å². The molecule has 0 aromatic carbocycles. The first-order valence-electron chi connectivity index (χ1n) is 5.52. The summed E-state index contributed by atoms with van der Waals surface area (Å²) < 4.78 is 0. The Morgan fingerprint density at radius 2 is 2.40 bits per heavy atom. The molecule has 2 heterocycles. The second-order valence-electron chi connectivity index (χ2n) is 3.95. The van der Waals surface area contributed by atoms with Gasteiger partial charge in [0, 0.05) is 36.9 Å². The zero-order valence-corrected chi connectivity index (χ0v) is 8.82. The van der Waals surface area contributed by atoms with E-state index in [-0.39, 0.29) is 6.61 Å². The number of nitrogens with zero attached hydrogens (tertiary/aromatic N) is 2. The maximum absolute atomic E-state index is 8.85. The van der Waals surface area contributed by atoms with Gasteiger partial charge in [-0.25, -0.2) is 9.97 Å². The molecule has 2 N–H and O–H groups in total. The molecule has 4 heteroatoms. The van der Waals surface area contributed by atoms with E-state index in [0.29, 0.717) is 12.3 Å². The van der Waals surface area contributed by atoms with Crippen LogP contribution in [0.25, 0.3) is 0 Å². The first-order chi connectivity index (χ1) is 7.40. The summed E-state index contributed by atoms with van der Waals surface area (Å²) in [7, 11) is 0. The lowest BCUT2D eigenvalue weighted by molar-refractivity contribution is 0.298. The largest absolute Gasteiger partial charge is 0.396 e. The van der Waals surface area contributed by atoms with Gasteiger partial charge in [0.1, 0.15) is 6.33 Å². The molecular weight excluding hydrogens is 190 g/mol. The van der Waals surface area contributed by atoms with Crippen LogP contribution in [0.2, 0.25) is 0 Å². The van der Waals surface area contributed by atoms with Crippen LogP contribution in [0, 0.1) is 0 Å². The molecule has 15 heavy (non-hydrogen) atoms. The smallest absolute Gasteiger partial charge is 0.115 e. The van der Waals surface area contributed by atoms with E-state index in [0.717, 1.165) is 24.5 Å². The molecular formula is C11H17N3O. The van der Waals surface area contributed by atoms with Crippen LogP contribution in [-0.4, -0.2) is 34.8 Å². The fourth-order valence-corrected chi connectivity index (χ4v) is 1.99. The molecule has 0 aliphatic carbocycles. The van der Waals surface area contributed by atoms with Crippen molar-refractivity contribution < 1.29 is 5.11 Å². The summed E-state index contributed by atoms with van der Waals surface area (Å²) in [5, 5.41) is 12.2. The van der Waals surface area contributed by atoms with Crippen molar-refractivity contribution in [1.82, 2.24) is 15.3 Å². The molecule has 1 fully saturated rings. The van der Waals surface area contributed by atoms with Crippen LogP contribution in [0.1, 0.15) is 30.1 Å². The first kappa shape index (κ1) is 10.5. The molecule has 1 saturated heterocycles. The van der Waals surface area contributed by atoms with Crippen molar-refractivity contribution in [3.8, 4) is 0 Å². The van der Waals surface area contributed by atoms with Gasteiger partial charge < -0.3 is 10.4 Å². The summed E-state index contributed by atoms with van der Waals surface area (Å²) in [6, 6.07) is 2.02. The van der Waals surface area contributed by atoms with Crippen molar-refractivity contribution in [3.63, 3.8) is 0 Å². The third kappa shape index (κ3) is 2.73. The average Bonchev–Trinajstić information content (AvgIpc) is 2.31. The molecule has 0 bridgehead atoms. The van der Waals surface area contributed by atoms with Crippen LogP contribution in [0.15, 0.2) is 12.4 Å². The maximum Gasteiger partial charge on any atom is 0.115 e. The number of nitrogens with one attached hydrogen (secondary N) is 1. The maximum atomic E-state index is 8.85. The molecule has 0 amide bonds. The van der Waals surface area contributed by atoms with Crippen molar-refractivity contribution in [2.24, 2.45) is 0 Å². The summed E-state index contributed by atoms with van der Waals surface area (Å²) in [5.74, 6) is 0.513. The summed E-state index contributed by atoms with van der Waals surface area (Å²) in [5.41, 5.74) is 2.05. The lowest BCUT2D eigenvalue weighted by Crippen LogP contribution is -2.28. The van der Waals surface area contributed by atoms with Crippen molar-refractivity contribution in [1.29, 1.82) is 0 Å². The number of rotatable bonds is 3. The van der Waals surface area contributed by atoms with Gasteiger partial charge in [-0.1, -0.05) is 0 Å². The molecule has 0 saturated carbocycles. The normalized spacial score (nSPS) is 21.5. The number of piperidine rings is 1. The predicted octanol–water partition coefficient (Wildman–Crippen LogP) is 0.478. The van der Waals surface area contributed by atoms with Crippen molar-refractivity contribution >= 4 is 0 Å². The van der Waals surface area contributed by atoms with Gasteiger partial charge in [-0.3, -0.25) is 0 Å². The van der Waals surface area contributed by atoms with Crippen LogP contribution < -0.4 is 5.32 Å². The fraction of sp³-hybridized carbons (Fsp3) is 0.636. The summed E-state index contributed by atoms with van der Waals surface area (Å²) in [6.45, 7) is 2.28. The molecule has 1 atom stereocenters. The number of aromatic nitrogens is 2. The van der Waals surface area contributed by atoms with Gasteiger partial charge in [-0.15, -0.1) is 0 Å². The van der Waals surface area contributed by atoms with Crippen molar-refractivity contribution in [2.75, 3.05) is 19.7 Å². The summed E-state index contributed by atoms with van der Waals surface area (Å²) in [6.07, 6.45) is 4.64. The first-order valence-corrected chi connectivity index (χ1v) is 5.52. The minimum atomic E-state index is 0.152. The lowest BCUT2D eigenvalue weighted by Gasteiger charge is -2.22. The van der Waals surface area contributed by atoms with Gasteiger partial charge in [0.05, 0.1) is 0 Å². The summed E-state index contributed by atoms with van der Waals surface area (Å²) in [4.78, 5) is 8.45. The van der Waals surface area contributed by atoms with Gasteiger partial charge in [0.15, 0.2) is 0 Å². The number of hydrogen-bond donors (Lipinski definition) is 2. The number of aliphatic hydroxyl groups excluding tert-OH is 1. The minimum absolute atomic E-state index is 0.152. The molecule has 2 rings (SSSR count). The van der Waals surface area contributed by atoms with Crippen LogP contribution in [0.4, 0.5) is 0 Å². The zero-order valence-electron chi connectivity index (χ0n) is 8.82. The quantitative estimate of drug-likeness (QED) is 0.757. The molecule has 1 aliphatic heterocycles. The second kappa shape index (κ2) is 5.19. The van der Waals surface area contributed by atoms with Gasteiger partial charge in [0.2, 0.25) is 0 Å². The highest BCUT2D eigenvalue weighted by Gasteiger charge is 2.16. The Labute approximate surface area is 89.8 Å². The molecule has 0 radical (unpaired) electrons. The van der Waals surface area contributed by atoms with E-state index < -0.39 is 0 Å². The minimum Gasteiger partial charge on any atom is -0.396 e. The van der Waals surface area contributed by atoms with Gasteiger partial charge in [0.25, 0.3) is 0 Å². The van der Waals surface area contributed by atoms with Crippen molar-refractivity contribution in [2.45, 2.75) is 25.2 Å². The molecule has 1 aromatic rings. The Morgan fingerprint density at radius 3 is 3.13 bits per heavy atom. The fourth-order valence-electron chi connectivity index (χ4n) is 1.99. The molecule has 0 spiro atoms. The highest BCUT2D eigenvalue weighted by atomic mass is 16.3. The Bertz CT molecular complexity index is 310. The third-order valence-corrected chi connectivity index (χ3v) is 2.83. The highest BCUT2D eigenvalue weighted by Crippen LogP contribution is 2.21. The van der Waals surface area contributed by atoms with E-state index in [1.807, 2.05) is 6.07 Å². The van der Waals surface area contributed by atoms with E-state index in [1.165, 1.54) is 12.8 Å². The molecule has 1 aliphatic rings. The Kier molecular flexibility index (Phi) is 3.64. The number of aliphatic hydroxyl groups is 1. The van der Waals surface area contributed by atoms with Crippen LogP contribution >= 0.6 is 0 Å². The topological polar surface area (TPSA) is 58.0 Å². The van der Waals surface area contributed by atoms with E-state index in [9.17, 15) is 0 Å². The highest BCUT2D eigenvalue weighted by molar-refractivity contribution is 5.14. The van der Waals surface area contributed by atoms with Crippen molar-refractivity contribution in [3.05, 3.63) is 23.8 Å². The van der Waals surface area contributed by atoms with Crippen LogP contribution in [-0.2, 0) is 6.42 Å². The van der Waals surface area contributed by atoms with E-state index in [4.69, 9.17) is 5.11 Å². The second-order valence-corrected chi connectivity index (χ2v) is 3.95. The SMILES string of the molecule is OCCc1cc(C2CCCNC2)ncn1. The zero-order chi connectivity index (χ0) is 10.5. The third-order valence-electron chi connectivity index (χ3n) is 2.83.